The molecule has 1 saturated heterocycles. The second kappa shape index (κ2) is 6.27. The standard InChI is InChI=1S/C16H22N2O2/c19-16(14-2-1-3-14)17-12-13-4-6-15(7-5-13)18-8-10-20-11-9-18/h4-7,14H,1-3,8-12H2,(H,17,19). The monoisotopic (exact) mass is 274 g/mol. The zero-order chi connectivity index (χ0) is 13.8. The van der Waals surface area contributed by atoms with Crippen LogP contribution in [-0.4, -0.2) is 32.2 Å². The van der Waals surface area contributed by atoms with E-state index in [-0.39, 0.29) is 11.8 Å². The maximum Gasteiger partial charge on any atom is 0.223 e. The number of amides is 1. The van der Waals surface area contributed by atoms with Gasteiger partial charge in [0.2, 0.25) is 5.91 Å². The number of hydrogen-bond acceptors (Lipinski definition) is 3. The van der Waals surface area contributed by atoms with Gasteiger partial charge in [0, 0.05) is 31.2 Å². The highest BCUT2D eigenvalue weighted by atomic mass is 16.5. The molecule has 4 nitrogen and oxygen atoms in total. The van der Waals surface area contributed by atoms with Gasteiger partial charge < -0.3 is 15.0 Å². The SMILES string of the molecule is O=C(NCc1ccc(N2CCOCC2)cc1)C1CCC1. The van der Waals surface area contributed by atoms with Crippen LogP contribution in [0.3, 0.4) is 0 Å². The molecule has 1 aromatic carbocycles. The summed E-state index contributed by atoms with van der Waals surface area (Å²) in [5.41, 5.74) is 2.40. The van der Waals surface area contributed by atoms with Gasteiger partial charge in [0.05, 0.1) is 13.2 Å². The Hall–Kier alpha value is -1.55. The summed E-state index contributed by atoms with van der Waals surface area (Å²) in [5, 5.41) is 3.03. The van der Waals surface area contributed by atoms with E-state index < -0.39 is 0 Å². The largest absolute Gasteiger partial charge is 0.378 e. The van der Waals surface area contributed by atoms with Crippen molar-refractivity contribution in [2.24, 2.45) is 5.92 Å². The first kappa shape index (κ1) is 13.4. The van der Waals surface area contributed by atoms with Gasteiger partial charge >= 0.3 is 0 Å². The molecule has 1 N–H and O–H groups in total. The highest BCUT2D eigenvalue weighted by Crippen LogP contribution is 2.26. The van der Waals surface area contributed by atoms with E-state index in [1.165, 1.54) is 12.1 Å². The molecule has 1 aliphatic heterocycles. The Morgan fingerprint density at radius 1 is 1.20 bits per heavy atom. The summed E-state index contributed by atoms with van der Waals surface area (Å²) in [6, 6.07) is 8.48. The molecule has 2 aliphatic rings. The van der Waals surface area contributed by atoms with Crippen molar-refractivity contribution in [1.29, 1.82) is 0 Å². The second-order valence-corrected chi connectivity index (χ2v) is 5.61. The molecule has 108 valence electrons. The van der Waals surface area contributed by atoms with Crippen LogP contribution in [0.5, 0.6) is 0 Å². The van der Waals surface area contributed by atoms with Gasteiger partial charge in [-0.3, -0.25) is 4.79 Å². The summed E-state index contributed by atoms with van der Waals surface area (Å²) < 4.78 is 5.36. The Morgan fingerprint density at radius 2 is 1.90 bits per heavy atom. The Labute approximate surface area is 120 Å². The maximum absolute atomic E-state index is 11.8. The Bertz CT molecular complexity index is 448. The number of ether oxygens (including phenoxy) is 1. The van der Waals surface area contributed by atoms with Crippen molar-refractivity contribution in [3.05, 3.63) is 29.8 Å². The molecule has 0 bridgehead atoms. The molecular weight excluding hydrogens is 252 g/mol. The number of rotatable bonds is 4. The van der Waals surface area contributed by atoms with E-state index in [1.54, 1.807) is 0 Å². The first-order chi connectivity index (χ1) is 9.83. The molecule has 1 aromatic rings. The molecule has 0 spiro atoms. The van der Waals surface area contributed by atoms with Crippen molar-refractivity contribution in [3.8, 4) is 0 Å². The lowest BCUT2D eigenvalue weighted by Gasteiger charge is -2.29. The first-order valence-electron chi connectivity index (χ1n) is 7.52. The van der Waals surface area contributed by atoms with Gasteiger partial charge in [-0.1, -0.05) is 18.6 Å². The third kappa shape index (κ3) is 3.12. The summed E-state index contributed by atoms with van der Waals surface area (Å²) in [5.74, 6) is 0.483. The summed E-state index contributed by atoms with van der Waals surface area (Å²) >= 11 is 0. The molecule has 0 atom stereocenters. The van der Waals surface area contributed by atoms with Gasteiger partial charge in [0.1, 0.15) is 0 Å². The van der Waals surface area contributed by atoms with Crippen LogP contribution >= 0.6 is 0 Å². The number of carbonyl (C=O) groups excluding carboxylic acids is 1. The molecule has 0 radical (unpaired) electrons. The van der Waals surface area contributed by atoms with E-state index in [1.807, 2.05) is 0 Å². The van der Waals surface area contributed by atoms with Crippen LogP contribution in [0.15, 0.2) is 24.3 Å². The minimum Gasteiger partial charge on any atom is -0.378 e. The number of nitrogens with one attached hydrogen (secondary N) is 1. The number of morpholine rings is 1. The van der Waals surface area contributed by atoms with Crippen LogP contribution in [0.4, 0.5) is 5.69 Å². The molecule has 0 unspecified atom stereocenters. The zero-order valence-electron chi connectivity index (χ0n) is 11.8. The van der Waals surface area contributed by atoms with Crippen molar-refractivity contribution in [2.75, 3.05) is 31.2 Å². The van der Waals surface area contributed by atoms with E-state index >= 15 is 0 Å². The van der Waals surface area contributed by atoms with Crippen molar-refractivity contribution >= 4 is 11.6 Å². The fourth-order valence-corrected chi connectivity index (χ4v) is 2.65. The van der Waals surface area contributed by atoms with Crippen LogP contribution in [0.2, 0.25) is 0 Å². The Kier molecular flexibility index (Phi) is 4.21. The van der Waals surface area contributed by atoms with Crippen LogP contribution < -0.4 is 10.2 Å². The van der Waals surface area contributed by atoms with Crippen LogP contribution in [-0.2, 0) is 16.1 Å². The van der Waals surface area contributed by atoms with Gasteiger partial charge in [-0.15, -0.1) is 0 Å². The zero-order valence-corrected chi connectivity index (χ0v) is 11.8. The third-order valence-electron chi connectivity index (χ3n) is 4.26. The summed E-state index contributed by atoms with van der Waals surface area (Å²) in [6.45, 7) is 4.16. The first-order valence-corrected chi connectivity index (χ1v) is 7.52. The lowest BCUT2D eigenvalue weighted by atomic mass is 9.85. The van der Waals surface area contributed by atoms with E-state index in [4.69, 9.17) is 4.74 Å². The molecule has 1 aliphatic carbocycles. The van der Waals surface area contributed by atoms with Crippen molar-refractivity contribution in [2.45, 2.75) is 25.8 Å². The minimum absolute atomic E-state index is 0.216. The molecule has 20 heavy (non-hydrogen) atoms. The summed E-state index contributed by atoms with van der Waals surface area (Å²) in [7, 11) is 0. The van der Waals surface area contributed by atoms with Crippen molar-refractivity contribution < 1.29 is 9.53 Å². The lowest BCUT2D eigenvalue weighted by Crippen LogP contribution is -2.36. The highest BCUT2D eigenvalue weighted by molar-refractivity contribution is 5.79. The van der Waals surface area contributed by atoms with Crippen molar-refractivity contribution in [3.63, 3.8) is 0 Å². The number of benzene rings is 1. The number of anilines is 1. The molecule has 1 amide bonds. The van der Waals surface area contributed by atoms with Gasteiger partial charge in [-0.25, -0.2) is 0 Å². The van der Waals surface area contributed by atoms with Gasteiger partial charge in [0.25, 0.3) is 0 Å². The Morgan fingerprint density at radius 3 is 2.50 bits per heavy atom. The van der Waals surface area contributed by atoms with Crippen LogP contribution in [0, 0.1) is 5.92 Å². The van der Waals surface area contributed by atoms with Crippen molar-refractivity contribution in [1.82, 2.24) is 5.32 Å². The predicted molar refractivity (Wildman–Crippen MR) is 78.7 cm³/mol. The van der Waals surface area contributed by atoms with E-state index in [9.17, 15) is 4.79 Å². The fraction of sp³-hybridized carbons (Fsp3) is 0.562. The maximum atomic E-state index is 11.8. The number of nitrogens with zero attached hydrogens (tertiary/aromatic N) is 1. The smallest absolute Gasteiger partial charge is 0.223 e. The molecule has 2 fully saturated rings. The minimum atomic E-state index is 0.216. The summed E-state index contributed by atoms with van der Waals surface area (Å²) in [6.07, 6.45) is 3.32. The van der Waals surface area contributed by atoms with E-state index in [0.29, 0.717) is 6.54 Å². The average Bonchev–Trinajstić information content (AvgIpc) is 2.45. The lowest BCUT2D eigenvalue weighted by molar-refractivity contribution is -0.127. The quantitative estimate of drug-likeness (QED) is 0.912. The Balaban J connectivity index is 1.51. The molecule has 4 heteroatoms. The van der Waals surface area contributed by atoms with Gasteiger partial charge in [-0.05, 0) is 30.5 Å². The predicted octanol–water partition coefficient (Wildman–Crippen LogP) is 1.94. The third-order valence-corrected chi connectivity index (χ3v) is 4.26. The average molecular weight is 274 g/mol. The van der Waals surface area contributed by atoms with E-state index in [0.717, 1.165) is 44.7 Å². The highest BCUT2D eigenvalue weighted by Gasteiger charge is 2.24. The normalized spacial score (nSPS) is 19.5. The topological polar surface area (TPSA) is 41.6 Å². The fourth-order valence-electron chi connectivity index (χ4n) is 2.65. The summed E-state index contributed by atoms with van der Waals surface area (Å²) in [4.78, 5) is 14.1. The molecule has 1 saturated carbocycles. The molecule has 1 heterocycles. The van der Waals surface area contributed by atoms with Gasteiger partial charge in [0.15, 0.2) is 0 Å². The second-order valence-electron chi connectivity index (χ2n) is 5.61. The van der Waals surface area contributed by atoms with E-state index in [2.05, 4.69) is 34.5 Å². The van der Waals surface area contributed by atoms with Gasteiger partial charge in [-0.2, -0.15) is 0 Å². The molecule has 0 aromatic heterocycles. The van der Waals surface area contributed by atoms with Crippen LogP contribution in [0.25, 0.3) is 0 Å². The number of carbonyl (C=O) groups is 1. The van der Waals surface area contributed by atoms with Crippen LogP contribution in [0.1, 0.15) is 24.8 Å². The molecule has 3 rings (SSSR count). The molecular formula is C16H22N2O2. The number of hydrogen-bond donors (Lipinski definition) is 1.